The van der Waals surface area contributed by atoms with Gasteiger partial charge in [0.1, 0.15) is 0 Å². The molecule has 9 heavy (non-hydrogen) atoms. The molecule has 0 atom stereocenters. The maximum absolute atomic E-state index is 3.46. The van der Waals surface area contributed by atoms with Gasteiger partial charge in [0.25, 0.3) is 0 Å². The van der Waals surface area contributed by atoms with Crippen molar-refractivity contribution in [3.8, 4) is 0 Å². The molecule has 0 nitrogen and oxygen atoms in total. The van der Waals surface area contributed by atoms with Crippen LogP contribution >= 0.6 is 0 Å². The summed E-state index contributed by atoms with van der Waals surface area (Å²) in [4.78, 5) is 0. The fourth-order valence-corrected chi connectivity index (χ4v) is 1.35. The molecule has 0 aromatic carbocycles. The first-order valence-corrected chi connectivity index (χ1v) is 3.90. The van der Waals surface area contributed by atoms with E-state index in [1.54, 1.807) is 5.57 Å². The van der Waals surface area contributed by atoms with E-state index in [2.05, 4.69) is 19.9 Å². The monoisotopic (exact) mass is 123 g/mol. The average Bonchev–Trinajstić information content (AvgIpc) is 2.15. The Morgan fingerprint density at radius 2 is 1.78 bits per heavy atom. The zero-order valence-electron chi connectivity index (χ0n) is 6.41. The van der Waals surface area contributed by atoms with Gasteiger partial charge in [-0.25, -0.2) is 0 Å². The highest BCUT2D eigenvalue weighted by Gasteiger charge is 2.06. The Morgan fingerprint density at radius 3 is 2.22 bits per heavy atom. The van der Waals surface area contributed by atoms with Crippen LogP contribution in [0.1, 0.15) is 39.5 Å². The molecule has 1 fully saturated rings. The lowest BCUT2D eigenvalue weighted by Crippen LogP contribution is -1.82. The van der Waals surface area contributed by atoms with E-state index in [0.717, 1.165) is 0 Å². The standard InChI is InChI=1S/C9H15/c1-8(2)7-9-5-3-4-6-9/h8H,3-6H2,1-2H3. The minimum atomic E-state index is 0.637. The summed E-state index contributed by atoms with van der Waals surface area (Å²) in [5.74, 6) is 0.637. The number of allylic oxidation sites excluding steroid dienone is 2. The van der Waals surface area contributed by atoms with Crippen molar-refractivity contribution < 1.29 is 0 Å². The van der Waals surface area contributed by atoms with E-state index in [-0.39, 0.29) is 0 Å². The molecule has 0 N–H and O–H groups in total. The maximum atomic E-state index is 3.46. The summed E-state index contributed by atoms with van der Waals surface area (Å²) in [6.07, 6.45) is 8.89. The predicted molar refractivity (Wildman–Crippen MR) is 40.1 cm³/mol. The molecular formula is C9H15. The van der Waals surface area contributed by atoms with Crippen LogP contribution in [0.5, 0.6) is 0 Å². The van der Waals surface area contributed by atoms with Gasteiger partial charge in [-0.05, 0) is 37.7 Å². The Balaban J connectivity index is 2.39. The van der Waals surface area contributed by atoms with Crippen LogP contribution in [0.4, 0.5) is 0 Å². The maximum Gasteiger partial charge on any atom is -0.0216 e. The van der Waals surface area contributed by atoms with E-state index in [9.17, 15) is 0 Å². The lowest BCUT2D eigenvalue weighted by atomic mass is 10.1. The minimum absolute atomic E-state index is 0.637. The molecule has 1 aliphatic rings. The highest BCUT2D eigenvalue weighted by atomic mass is 14.1. The van der Waals surface area contributed by atoms with Crippen molar-refractivity contribution in [3.63, 3.8) is 0 Å². The SMILES string of the molecule is CC(C)[C]=C1CCCC1. The first-order chi connectivity index (χ1) is 4.29. The summed E-state index contributed by atoms with van der Waals surface area (Å²) in [6, 6.07) is 0. The molecular weight excluding hydrogens is 108 g/mol. The average molecular weight is 123 g/mol. The van der Waals surface area contributed by atoms with Crippen molar-refractivity contribution in [2.24, 2.45) is 5.92 Å². The van der Waals surface area contributed by atoms with E-state index >= 15 is 0 Å². The van der Waals surface area contributed by atoms with Gasteiger partial charge in [-0.2, -0.15) is 0 Å². The summed E-state index contributed by atoms with van der Waals surface area (Å²) in [5.41, 5.74) is 1.57. The molecule has 0 unspecified atom stereocenters. The van der Waals surface area contributed by atoms with E-state index in [1.165, 1.54) is 25.7 Å². The third-order valence-corrected chi connectivity index (χ3v) is 1.70. The highest BCUT2D eigenvalue weighted by molar-refractivity contribution is 5.01. The van der Waals surface area contributed by atoms with Gasteiger partial charge < -0.3 is 0 Å². The third-order valence-electron chi connectivity index (χ3n) is 1.70. The molecule has 0 saturated heterocycles. The largest absolute Gasteiger partial charge is 0.0665 e. The second-order valence-corrected chi connectivity index (χ2v) is 3.11. The molecule has 0 aromatic rings. The first-order valence-electron chi connectivity index (χ1n) is 3.90. The second kappa shape index (κ2) is 3.05. The van der Waals surface area contributed by atoms with Crippen LogP contribution in [0.15, 0.2) is 5.57 Å². The van der Waals surface area contributed by atoms with Crippen molar-refractivity contribution in [2.45, 2.75) is 39.5 Å². The van der Waals surface area contributed by atoms with Gasteiger partial charge in [0.05, 0.1) is 0 Å². The van der Waals surface area contributed by atoms with Gasteiger partial charge in [-0.15, -0.1) is 0 Å². The zero-order chi connectivity index (χ0) is 6.69. The Hall–Kier alpha value is -0.260. The highest BCUT2D eigenvalue weighted by Crippen LogP contribution is 2.24. The van der Waals surface area contributed by atoms with Crippen molar-refractivity contribution in [1.29, 1.82) is 0 Å². The quantitative estimate of drug-likeness (QED) is 0.503. The van der Waals surface area contributed by atoms with Gasteiger partial charge in [-0.1, -0.05) is 19.4 Å². The number of hydrogen-bond donors (Lipinski definition) is 0. The van der Waals surface area contributed by atoms with E-state index in [1.807, 2.05) is 0 Å². The number of hydrogen-bond acceptors (Lipinski definition) is 0. The normalized spacial score (nSPS) is 19.2. The second-order valence-electron chi connectivity index (χ2n) is 3.11. The number of rotatable bonds is 1. The molecule has 0 aliphatic heterocycles. The molecule has 1 saturated carbocycles. The van der Waals surface area contributed by atoms with Gasteiger partial charge >= 0.3 is 0 Å². The fourth-order valence-electron chi connectivity index (χ4n) is 1.35. The van der Waals surface area contributed by atoms with Gasteiger partial charge in [0, 0.05) is 0 Å². The Kier molecular flexibility index (Phi) is 2.32. The van der Waals surface area contributed by atoms with Crippen LogP contribution in [0, 0.1) is 12.0 Å². The molecule has 0 bridgehead atoms. The first kappa shape index (κ1) is 6.85. The van der Waals surface area contributed by atoms with Gasteiger partial charge in [-0.3, -0.25) is 0 Å². The van der Waals surface area contributed by atoms with Gasteiger partial charge in [0.15, 0.2) is 0 Å². The lowest BCUT2D eigenvalue weighted by molar-refractivity contribution is 0.785. The van der Waals surface area contributed by atoms with Gasteiger partial charge in [0.2, 0.25) is 0 Å². The fraction of sp³-hybridized carbons (Fsp3) is 0.778. The smallest absolute Gasteiger partial charge is 0.0216 e. The summed E-state index contributed by atoms with van der Waals surface area (Å²) >= 11 is 0. The topological polar surface area (TPSA) is 0 Å². The molecule has 0 spiro atoms. The third kappa shape index (κ3) is 2.21. The molecule has 1 aliphatic carbocycles. The Labute approximate surface area is 58.0 Å². The zero-order valence-corrected chi connectivity index (χ0v) is 6.41. The minimum Gasteiger partial charge on any atom is -0.0665 e. The van der Waals surface area contributed by atoms with Crippen LogP contribution in [0.25, 0.3) is 0 Å². The molecule has 0 heterocycles. The van der Waals surface area contributed by atoms with E-state index < -0.39 is 0 Å². The van der Waals surface area contributed by atoms with Crippen LogP contribution in [-0.2, 0) is 0 Å². The van der Waals surface area contributed by atoms with Crippen molar-refractivity contribution >= 4 is 0 Å². The summed E-state index contributed by atoms with van der Waals surface area (Å²) in [5, 5.41) is 0. The Morgan fingerprint density at radius 1 is 1.22 bits per heavy atom. The van der Waals surface area contributed by atoms with Crippen LogP contribution < -0.4 is 0 Å². The van der Waals surface area contributed by atoms with Crippen LogP contribution in [0.2, 0.25) is 0 Å². The Bertz CT molecular complexity index is 101. The van der Waals surface area contributed by atoms with Crippen molar-refractivity contribution in [2.75, 3.05) is 0 Å². The molecule has 0 heteroatoms. The summed E-state index contributed by atoms with van der Waals surface area (Å²) in [7, 11) is 0. The molecule has 0 aromatic heterocycles. The molecule has 1 rings (SSSR count). The van der Waals surface area contributed by atoms with Crippen molar-refractivity contribution in [3.05, 3.63) is 11.6 Å². The van der Waals surface area contributed by atoms with Crippen LogP contribution in [-0.4, -0.2) is 0 Å². The predicted octanol–water partition coefficient (Wildman–Crippen LogP) is 2.95. The molecule has 0 amide bonds. The summed E-state index contributed by atoms with van der Waals surface area (Å²) in [6.45, 7) is 4.40. The molecule has 1 radical (unpaired) electrons. The van der Waals surface area contributed by atoms with Crippen molar-refractivity contribution in [1.82, 2.24) is 0 Å². The lowest BCUT2D eigenvalue weighted by Gasteiger charge is -1.96. The van der Waals surface area contributed by atoms with E-state index in [0.29, 0.717) is 5.92 Å². The molecule has 51 valence electrons. The van der Waals surface area contributed by atoms with E-state index in [4.69, 9.17) is 0 Å². The summed E-state index contributed by atoms with van der Waals surface area (Å²) < 4.78 is 0. The van der Waals surface area contributed by atoms with Crippen LogP contribution in [0.3, 0.4) is 0 Å².